The number of hydrogen-bond acceptors (Lipinski definition) is 5. The Hall–Kier alpha value is -3.38. The van der Waals surface area contributed by atoms with E-state index in [9.17, 15) is 4.79 Å². The van der Waals surface area contributed by atoms with Gasteiger partial charge in [-0.2, -0.15) is 0 Å². The van der Waals surface area contributed by atoms with Crippen LogP contribution in [0.2, 0.25) is 0 Å². The lowest BCUT2D eigenvalue weighted by Gasteiger charge is -2.13. The van der Waals surface area contributed by atoms with E-state index < -0.39 is 5.97 Å². The fourth-order valence-electron chi connectivity index (χ4n) is 2.96. The molecule has 0 amide bonds. The molecule has 0 spiro atoms. The summed E-state index contributed by atoms with van der Waals surface area (Å²) < 4.78 is 17.5. The second kappa shape index (κ2) is 8.97. The van der Waals surface area contributed by atoms with Gasteiger partial charge in [0, 0.05) is 5.56 Å². The van der Waals surface area contributed by atoms with Gasteiger partial charge in [-0.1, -0.05) is 48.5 Å². The molecule has 0 saturated carbocycles. The maximum Gasteiger partial charge on any atom is 0.363 e. The van der Waals surface area contributed by atoms with Crippen LogP contribution in [-0.4, -0.2) is 19.0 Å². The molecule has 0 aromatic heterocycles. The van der Waals surface area contributed by atoms with Crippen molar-refractivity contribution in [1.29, 1.82) is 0 Å². The first-order valence-corrected chi connectivity index (χ1v) is 10.1. The zero-order valence-corrected chi connectivity index (χ0v) is 17.8. The number of halogens is 1. The van der Waals surface area contributed by atoms with Crippen molar-refractivity contribution in [1.82, 2.24) is 0 Å². The third-order valence-electron chi connectivity index (χ3n) is 4.42. The van der Waals surface area contributed by atoms with E-state index in [2.05, 4.69) is 20.9 Å². The van der Waals surface area contributed by atoms with Gasteiger partial charge in [-0.3, -0.25) is 0 Å². The Kier molecular flexibility index (Phi) is 5.95. The highest BCUT2D eigenvalue weighted by Gasteiger charge is 2.24. The van der Waals surface area contributed by atoms with Crippen molar-refractivity contribution in [2.24, 2.45) is 4.99 Å². The van der Waals surface area contributed by atoms with Crippen molar-refractivity contribution in [3.05, 3.63) is 99.7 Å². The summed E-state index contributed by atoms with van der Waals surface area (Å²) in [7, 11) is 1.57. The van der Waals surface area contributed by atoms with Gasteiger partial charge in [-0.05, 0) is 57.4 Å². The van der Waals surface area contributed by atoms with Crippen LogP contribution in [0, 0.1) is 0 Å². The highest BCUT2D eigenvalue weighted by Crippen LogP contribution is 2.38. The Morgan fingerprint density at radius 1 is 1.03 bits per heavy atom. The first kappa shape index (κ1) is 19.9. The van der Waals surface area contributed by atoms with Crippen LogP contribution in [0.15, 0.2) is 88.0 Å². The van der Waals surface area contributed by atoms with Gasteiger partial charge < -0.3 is 14.2 Å². The molecule has 0 saturated heterocycles. The van der Waals surface area contributed by atoms with E-state index in [-0.39, 0.29) is 5.70 Å². The van der Waals surface area contributed by atoms with Crippen LogP contribution in [0.4, 0.5) is 0 Å². The molecule has 0 atom stereocenters. The molecule has 5 nitrogen and oxygen atoms in total. The highest BCUT2D eigenvalue weighted by molar-refractivity contribution is 9.10. The fraction of sp³-hybridized carbons (Fsp3) is 0.0833. The second-order valence-electron chi connectivity index (χ2n) is 6.51. The van der Waals surface area contributed by atoms with E-state index in [1.54, 1.807) is 19.3 Å². The zero-order chi connectivity index (χ0) is 20.9. The zero-order valence-electron chi connectivity index (χ0n) is 16.2. The van der Waals surface area contributed by atoms with E-state index in [0.717, 1.165) is 16.7 Å². The summed E-state index contributed by atoms with van der Waals surface area (Å²) in [5.41, 5.74) is 2.75. The van der Waals surface area contributed by atoms with Gasteiger partial charge >= 0.3 is 5.97 Å². The maximum atomic E-state index is 12.3. The first-order valence-electron chi connectivity index (χ1n) is 9.26. The molecule has 0 radical (unpaired) electrons. The third kappa shape index (κ3) is 4.44. The predicted molar refractivity (Wildman–Crippen MR) is 119 cm³/mol. The molecule has 150 valence electrons. The summed E-state index contributed by atoms with van der Waals surface area (Å²) in [4.78, 5) is 16.6. The van der Waals surface area contributed by atoms with E-state index in [4.69, 9.17) is 14.2 Å². The molecule has 1 heterocycles. The number of ether oxygens (including phenoxy) is 3. The van der Waals surface area contributed by atoms with Gasteiger partial charge in [0.2, 0.25) is 5.90 Å². The van der Waals surface area contributed by atoms with Crippen molar-refractivity contribution in [3.8, 4) is 11.5 Å². The normalized spacial score (nSPS) is 14.4. The highest BCUT2D eigenvalue weighted by atomic mass is 79.9. The van der Waals surface area contributed by atoms with Crippen LogP contribution >= 0.6 is 15.9 Å². The minimum Gasteiger partial charge on any atom is -0.493 e. The molecule has 0 unspecified atom stereocenters. The minimum absolute atomic E-state index is 0.223. The number of rotatable bonds is 6. The van der Waals surface area contributed by atoms with Crippen LogP contribution in [-0.2, 0) is 16.1 Å². The number of methoxy groups -OCH3 is 1. The summed E-state index contributed by atoms with van der Waals surface area (Å²) in [5.74, 6) is 0.936. The summed E-state index contributed by atoms with van der Waals surface area (Å²) in [5, 5.41) is 0. The average Bonchev–Trinajstić information content (AvgIpc) is 3.14. The lowest BCUT2D eigenvalue weighted by atomic mass is 10.1. The number of hydrogen-bond donors (Lipinski definition) is 0. The van der Waals surface area contributed by atoms with Crippen LogP contribution in [0.25, 0.3) is 6.08 Å². The Balaban J connectivity index is 1.60. The summed E-state index contributed by atoms with van der Waals surface area (Å²) in [6.45, 7) is 0.410. The molecule has 3 aromatic carbocycles. The number of esters is 1. The number of carbonyl (C=O) groups is 1. The molecule has 30 heavy (non-hydrogen) atoms. The molecule has 3 aromatic rings. The monoisotopic (exact) mass is 463 g/mol. The Labute approximate surface area is 182 Å². The lowest BCUT2D eigenvalue weighted by molar-refractivity contribution is -0.129. The molecule has 1 aliphatic rings. The molecule has 4 rings (SSSR count). The first-order chi connectivity index (χ1) is 14.6. The molecule has 1 aliphatic heterocycles. The van der Waals surface area contributed by atoms with Gasteiger partial charge in [0.15, 0.2) is 17.2 Å². The molecule has 0 bridgehead atoms. The Morgan fingerprint density at radius 2 is 1.73 bits per heavy atom. The quantitative estimate of drug-likeness (QED) is 0.363. The van der Waals surface area contributed by atoms with Crippen molar-refractivity contribution in [2.75, 3.05) is 7.11 Å². The Morgan fingerprint density at radius 3 is 2.43 bits per heavy atom. The molecular formula is C24H18BrNO4. The van der Waals surface area contributed by atoms with Crippen LogP contribution in [0.1, 0.15) is 16.7 Å². The Bertz CT molecular complexity index is 1120. The van der Waals surface area contributed by atoms with Crippen molar-refractivity contribution < 1.29 is 19.0 Å². The predicted octanol–water partition coefficient (Wildman–Crippen LogP) is 5.38. The average molecular weight is 464 g/mol. The van der Waals surface area contributed by atoms with E-state index in [0.29, 0.717) is 28.5 Å². The van der Waals surface area contributed by atoms with Gasteiger partial charge in [-0.15, -0.1) is 0 Å². The molecular weight excluding hydrogens is 446 g/mol. The molecule has 0 N–H and O–H groups in total. The van der Waals surface area contributed by atoms with Crippen LogP contribution < -0.4 is 9.47 Å². The van der Waals surface area contributed by atoms with Crippen LogP contribution in [0.5, 0.6) is 11.5 Å². The van der Waals surface area contributed by atoms with Gasteiger partial charge in [-0.25, -0.2) is 9.79 Å². The number of aliphatic imine (C=N–C) groups is 1. The third-order valence-corrected chi connectivity index (χ3v) is 5.01. The minimum atomic E-state index is -0.492. The maximum absolute atomic E-state index is 12.3. The van der Waals surface area contributed by atoms with Crippen molar-refractivity contribution in [2.45, 2.75) is 6.61 Å². The summed E-state index contributed by atoms with van der Waals surface area (Å²) in [6, 6.07) is 22.8. The second-order valence-corrected chi connectivity index (χ2v) is 7.36. The molecule has 0 fully saturated rings. The number of nitrogens with zero attached hydrogens (tertiary/aromatic N) is 1. The largest absolute Gasteiger partial charge is 0.493 e. The lowest BCUT2D eigenvalue weighted by Crippen LogP contribution is -2.05. The van der Waals surface area contributed by atoms with E-state index >= 15 is 0 Å². The SMILES string of the molecule is COc1cc(/C=C2\N=C(c3ccccc3)OC2=O)cc(Br)c1OCc1ccccc1. The van der Waals surface area contributed by atoms with Crippen molar-refractivity contribution in [3.63, 3.8) is 0 Å². The standard InChI is InChI=1S/C24H18BrNO4/c1-28-21-14-17(12-19(25)22(21)29-15-16-8-4-2-5-9-16)13-20-24(27)30-23(26-20)18-10-6-3-7-11-18/h2-14H,15H2,1H3/b20-13-. The molecule has 0 aliphatic carbocycles. The van der Waals surface area contributed by atoms with Gasteiger partial charge in [0.05, 0.1) is 11.6 Å². The number of benzene rings is 3. The number of carbonyl (C=O) groups excluding carboxylic acids is 1. The molecule has 6 heteroatoms. The number of cyclic esters (lactones) is 1. The topological polar surface area (TPSA) is 57.1 Å². The summed E-state index contributed by atoms with van der Waals surface area (Å²) in [6.07, 6.45) is 1.66. The summed E-state index contributed by atoms with van der Waals surface area (Å²) >= 11 is 3.54. The van der Waals surface area contributed by atoms with Crippen LogP contribution in [0.3, 0.4) is 0 Å². The van der Waals surface area contributed by atoms with Gasteiger partial charge in [0.1, 0.15) is 6.61 Å². The van der Waals surface area contributed by atoms with Crippen molar-refractivity contribution >= 4 is 33.9 Å². The fourth-order valence-corrected chi connectivity index (χ4v) is 3.54. The van der Waals surface area contributed by atoms with E-state index in [1.807, 2.05) is 66.7 Å². The smallest absolute Gasteiger partial charge is 0.363 e. The van der Waals surface area contributed by atoms with Gasteiger partial charge in [0.25, 0.3) is 0 Å². The van der Waals surface area contributed by atoms with E-state index in [1.165, 1.54) is 0 Å².